The molecule has 1 aromatic carbocycles. The van der Waals surface area contributed by atoms with Crippen molar-refractivity contribution in [2.24, 2.45) is 0 Å². The van der Waals surface area contributed by atoms with Gasteiger partial charge in [-0.15, -0.1) is 22.7 Å². The van der Waals surface area contributed by atoms with Crippen molar-refractivity contribution in [3.05, 3.63) is 81.4 Å². The predicted octanol–water partition coefficient (Wildman–Crippen LogP) is 4.18. The SMILES string of the molecule is Cc1nc(-c2ccc(CNC(=O)c3cccc(S(=O)(=O)NCc4ccco4)c3)s2)cs1. The number of rotatable bonds is 8. The summed E-state index contributed by atoms with van der Waals surface area (Å²) in [5.74, 6) is 0.156. The van der Waals surface area contributed by atoms with E-state index in [1.54, 1.807) is 46.9 Å². The minimum absolute atomic E-state index is 0.0176. The Bertz CT molecular complexity index is 1290. The van der Waals surface area contributed by atoms with Gasteiger partial charge in [0.25, 0.3) is 5.91 Å². The van der Waals surface area contributed by atoms with Gasteiger partial charge in [-0.05, 0) is 49.4 Å². The second-order valence-corrected chi connectivity index (χ2v) is 10.6. The summed E-state index contributed by atoms with van der Waals surface area (Å²) >= 11 is 3.16. The zero-order chi connectivity index (χ0) is 21.8. The van der Waals surface area contributed by atoms with Crippen LogP contribution in [0.5, 0.6) is 0 Å². The van der Waals surface area contributed by atoms with Crippen molar-refractivity contribution >= 4 is 38.6 Å². The number of amides is 1. The van der Waals surface area contributed by atoms with E-state index in [1.165, 1.54) is 18.4 Å². The molecule has 3 heterocycles. The Labute approximate surface area is 187 Å². The van der Waals surface area contributed by atoms with Gasteiger partial charge < -0.3 is 9.73 Å². The topological polar surface area (TPSA) is 101 Å². The summed E-state index contributed by atoms with van der Waals surface area (Å²) in [6.45, 7) is 2.34. The number of nitrogens with zero attached hydrogens (tertiary/aromatic N) is 1. The lowest BCUT2D eigenvalue weighted by molar-refractivity contribution is 0.0951. The van der Waals surface area contributed by atoms with Crippen molar-refractivity contribution in [2.45, 2.75) is 24.9 Å². The summed E-state index contributed by atoms with van der Waals surface area (Å²) in [5, 5.41) is 5.86. The number of hydrogen-bond acceptors (Lipinski definition) is 7. The first-order chi connectivity index (χ1) is 14.9. The smallest absolute Gasteiger partial charge is 0.251 e. The minimum atomic E-state index is -3.78. The summed E-state index contributed by atoms with van der Waals surface area (Å²) in [7, 11) is -3.78. The monoisotopic (exact) mass is 473 g/mol. The van der Waals surface area contributed by atoms with Gasteiger partial charge in [-0.25, -0.2) is 18.1 Å². The van der Waals surface area contributed by atoms with E-state index in [2.05, 4.69) is 15.0 Å². The summed E-state index contributed by atoms with van der Waals surface area (Å²) in [5.41, 5.74) is 1.21. The van der Waals surface area contributed by atoms with Crippen molar-refractivity contribution < 1.29 is 17.6 Å². The number of thiazole rings is 1. The molecule has 3 aromatic heterocycles. The molecule has 0 aliphatic carbocycles. The van der Waals surface area contributed by atoms with Crippen LogP contribution in [0.4, 0.5) is 0 Å². The van der Waals surface area contributed by atoms with Crippen LogP contribution < -0.4 is 10.0 Å². The zero-order valence-corrected chi connectivity index (χ0v) is 18.9. The van der Waals surface area contributed by atoms with Gasteiger partial charge in [-0.2, -0.15) is 0 Å². The molecule has 2 N–H and O–H groups in total. The molecule has 31 heavy (non-hydrogen) atoms. The van der Waals surface area contributed by atoms with Gasteiger partial charge in [-0.3, -0.25) is 4.79 Å². The highest BCUT2D eigenvalue weighted by Gasteiger charge is 2.17. The number of aryl methyl sites for hydroxylation is 1. The molecule has 4 rings (SSSR count). The lowest BCUT2D eigenvalue weighted by Gasteiger charge is -2.08. The van der Waals surface area contributed by atoms with Crippen LogP contribution in [0.3, 0.4) is 0 Å². The van der Waals surface area contributed by atoms with E-state index >= 15 is 0 Å². The van der Waals surface area contributed by atoms with Gasteiger partial charge in [0, 0.05) is 15.8 Å². The first-order valence-corrected chi connectivity index (χ1v) is 12.5. The Morgan fingerprint density at radius 2 is 2.00 bits per heavy atom. The lowest BCUT2D eigenvalue weighted by atomic mass is 10.2. The minimum Gasteiger partial charge on any atom is -0.468 e. The van der Waals surface area contributed by atoms with Crippen LogP contribution in [0.15, 0.2) is 69.5 Å². The number of sulfonamides is 1. The first-order valence-electron chi connectivity index (χ1n) is 9.32. The van der Waals surface area contributed by atoms with Gasteiger partial charge in [0.2, 0.25) is 10.0 Å². The Morgan fingerprint density at radius 1 is 1.13 bits per heavy atom. The van der Waals surface area contributed by atoms with Crippen molar-refractivity contribution in [3.63, 3.8) is 0 Å². The highest BCUT2D eigenvalue weighted by Crippen LogP contribution is 2.29. The van der Waals surface area contributed by atoms with E-state index in [4.69, 9.17) is 4.42 Å². The molecule has 0 saturated carbocycles. The maximum atomic E-state index is 12.6. The molecule has 0 unspecified atom stereocenters. The van der Waals surface area contributed by atoms with Crippen LogP contribution in [0.1, 0.15) is 26.0 Å². The molecule has 0 saturated heterocycles. The van der Waals surface area contributed by atoms with E-state index < -0.39 is 10.0 Å². The third kappa shape index (κ3) is 5.28. The van der Waals surface area contributed by atoms with E-state index in [9.17, 15) is 13.2 Å². The number of aromatic nitrogens is 1. The van der Waals surface area contributed by atoms with E-state index in [0.29, 0.717) is 12.3 Å². The summed E-state index contributed by atoms with van der Waals surface area (Å²) < 4.78 is 32.7. The molecule has 0 fully saturated rings. The molecule has 0 atom stereocenters. The summed E-state index contributed by atoms with van der Waals surface area (Å²) in [4.78, 5) is 19.1. The maximum absolute atomic E-state index is 12.6. The first kappa shape index (κ1) is 21.4. The second kappa shape index (κ2) is 9.15. The van der Waals surface area contributed by atoms with Crippen molar-refractivity contribution in [3.8, 4) is 10.6 Å². The fourth-order valence-corrected chi connectivity index (χ4v) is 5.46. The van der Waals surface area contributed by atoms with E-state index in [0.717, 1.165) is 20.5 Å². The molecule has 0 bridgehead atoms. The van der Waals surface area contributed by atoms with Gasteiger partial charge in [0.1, 0.15) is 5.76 Å². The molecule has 1 amide bonds. The molecular formula is C21H19N3O4S3. The molecule has 0 aliphatic rings. The number of benzene rings is 1. The second-order valence-electron chi connectivity index (χ2n) is 6.63. The molecule has 7 nitrogen and oxygen atoms in total. The fourth-order valence-electron chi connectivity index (χ4n) is 2.82. The number of thiophene rings is 1. The van der Waals surface area contributed by atoms with Crippen LogP contribution in [0.25, 0.3) is 10.6 Å². The van der Waals surface area contributed by atoms with Gasteiger partial charge in [0.05, 0.1) is 39.8 Å². The zero-order valence-electron chi connectivity index (χ0n) is 16.5. The summed E-state index contributed by atoms with van der Waals surface area (Å²) in [6.07, 6.45) is 1.48. The van der Waals surface area contributed by atoms with Crippen molar-refractivity contribution in [2.75, 3.05) is 0 Å². The molecule has 4 aromatic rings. The van der Waals surface area contributed by atoms with Gasteiger partial charge >= 0.3 is 0 Å². The van der Waals surface area contributed by atoms with Crippen molar-refractivity contribution in [1.29, 1.82) is 0 Å². The van der Waals surface area contributed by atoms with Crippen LogP contribution in [0.2, 0.25) is 0 Å². The van der Waals surface area contributed by atoms with E-state index in [1.807, 2.05) is 24.4 Å². The number of hydrogen-bond donors (Lipinski definition) is 2. The number of furan rings is 1. The quantitative estimate of drug-likeness (QED) is 0.400. The average Bonchev–Trinajstić information content (AvgIpc) is 3.52. The maximum Gasteiger partial charge on any atom is 0.251 e. The van der Waals surface area contributed by atoms with Gasteiger partial charge in [-0.1, -0.05) is 6.07 Å². The number of nitrogens with one attached hydrogen (secondary N) is 2. The van der Waals surface area contributed by atoms with Crippen LogP contribution in [0, 0.1) is 6.92 Å². The molecule has 10 heteroatoms. The fraction of sp³-hybridized carbons (Fsp3) is 0.143. The Hall–Kier alpha value is -2.79. The third-order valence-electron chi connectivity index (χ3n) is 4.38. The Balaban J connectivity index is 1.39. The van der Waals surface area contributed by atoms with Crippen LogP contribution in [-0.2, 0) is 23.1 Å². The van der Waals surface area contributed by atoms with Crippen LogP contribution >= 0.6 is 22.7 Å². The molecule has 160 valence electrons. The largest absolute Gasteiger partial charge is 0.468 e. The molecule has 0 aliphatic heterocycles. The van der Waals surface area contributed by atoms with E-state index in [-0.39, 0.29) is 22.9 Å². The Kier molecular flexibility index (Phi) is 6.33. The highest BCUT2D eigenvalue weighted by molar-refractivity contribution is 7.89. The highest BCUT2D eigenvalue weighted by atomic mass is 32.2. The Morgan fingerprint density at radius 3 is 2.74 bits per heavy atom. The lowest BCUT2D eigenvalue weighted by Crippen LogP contribution is -2.25. The molecule has 0 radical (unpaired) electrons. The average molecular weight is 474 g/mol. The third-order valence-corrected chi connectivity index (χ3v) is 7.66. The van der Waals surface area contributed by atoms with Crippen LogP contribution in [-0.4, -0.2) is 19.3 Å². The molecular weight excluding hydrogens is 454 g/mol. The number of carbonyl (C=O) groups excluding carboxylic acids is 1. The number of carbonyl (C=O) groups is 1. The molecule has 0 spiro atoms. The standard InChI is InChI=1S/C21H19N3O4S3/c1-14-24-19(13-29-14)20-8-7-17(30-20)12-22-21(25)15-4-2-6-18(10-15)31(26,27)23-11-16-5-3-9-28-16/h2-10,13,23H,11-12H2,1H3,(H,22,25). The predicted molar refractivity (Wildman–Crippen MR) is 121 cm³/mol. The summed E-state index contributed by atoms with van der Waals surface area (Å²) in [6, 6.07) is 13.2. The van der Waals surface area contributed by atoms with Gasteiger partial charge in [0.15, 0.2) is 0 Å². The normalized spacial score (nSPS) is 11.5. The van der Waals surface area contributed by atoms with Crippen molar-refractivity contribution in [1.82, 2.24) is 15.0 Å².